The summed E-state index contributed by atoms with van der Waals surface area (Å²) in [6.07, 6.45) is 3.48. The smallest absolute Gasteiger partial charge is 0.0917 e. The van der Waals surface area contributed by atoms with Crippen LogP contribution in [0.15, 0.2) is 24.3 Å². The molecule has 1 fully saturated rings. The number of nitrogens with one attached hydrogen (secondary N) is 1. The lowest BCUT2D eigenvalue weighted by Crippen LogP contribution is -2.38. The van der Waals surface area contributed by atoms with E-state index < -0.39 is 6.10 Å². The first-order chi connectivity index (χ1) is 8.47. The maximum Gasteiger partial charge on any atom is 0.0917 e. The molecule has 1 aliphatic carbocycles. The molecule has 1 atom stereocenters. The molecule has 0 amide bonds. The molecule has 2 heteroatoms. The molecule has 1 aliphatic rings. The number of rotatable bonds is 4. The van der Waals surface area contributed by atoms with E-state index >= 15 is 0 Å². The summed E-state index contributed by atoms with van der Waals surface area (Å²) in [5.41, 5.74) is 2.51. The second-order valence-electron chi connectivity index (χ2n) is 6.40. The first-order valence-corrected chi connectivity index (χ1v) is 6.99. The van der Waals surface area contributed by atoms with E-state index in [9.17, 15) is 5.11 Å². The van der Waals surface area contributed by atoms with Gasteiger partial charge >= 0.3 is 0 Å². The fourth-order valence-corrected chi connectivity index (χ4v) is 2.42. The molecule has 0 heterocycles. The summed E-state index contributed by atoms with van der Waals surface area (Å²) >= 11 is 0. The van der Waals surface area contributed by atoms with Crippen LogP contribution >= 0.6 is 0 Å². The highest BCUT2D eigenvalue weighted by molar-refractivity contribution is 5.33. The van der Waals surface area contributed by atoms with Gasteiger partial charge in [0.15, 0.2) is 0 Å². The zero-order valence-electron chi connectivity index (χ0n) is 11.7. The van der Waals surface area contributed by atoms with Gasteiger partial charge in [-0.2, -0.15) is 0 Å². The monoisotopic (exact) mass is 247 g/mol. The van der Waals surface area contributed by atoms with Crippen LogP contribution in [0.5, 0.6) is 0 Å². The molecule has 1 aromatic carbocycles. The third-order valence-electron chi connectivity index (χ3n) is 3.73. The van der Waals surface area contributed by atoms with Gasteiger partial charge in [-0.15, -0.1) is 0 Å². The first kappa shape index (κ1) is 13.6. The average Bonchev–Trinajstić information content (AvgIpc) is 2.23. The van der Waals surface area contributed by atoms with Crippen molar-refractivity contribution in [3.8, 4) is 0 Å². The SMILES string of the molecule is CC(C)(C)NCC(O)c1ccccc1C1CCC1. The largest absolute Gasteiger partial charge is 0.387 e. The van der Waals surface area contributed by atoms with Crippen LogP contribution in [0.3, 0.4) is 0 Å². The van der Waals surface area contributed by atoms with Crippen molar-refractivity contribution in [2.75, 3.05) is 6.54 Å². The van der Waals surface area contributed by atoms with Crippen LogP contribution in [0.2, 0.25) is 0 Å². The average molecular weight is 247 g/mol. The minimum atomic E-state index is -0.402. The molecular formula is C16H25NO. The lowest BCUT2D eigenvalue weighted by Gasteiger charge is -2.30. The molecule has 1 aromatic rings. The number of hydrogen-bond donors (Lipinski definition) is 2. The Morgan fingerprint density at radius 2 is 1.94 bits per heavy atom. The van der Waals surface area contributed by atoms with Crippen molar-refractivity contribution in [3.63, 3.8) is 0 Å². The van der Waals surface area contributed by atoms with E-state index in [4.69, 9.17) is 0 Å². The predicted molar refractivity (Wildman–Crippen MR) is 75.7 cm³/mol. The van der Waals surface area contributed by atoms with Gasteiger partial charge in [0, 0.05) is 12.1 Å². The molecule has 0 saturated heterocycles. The minimum absolute atomic E-state index is 0.0480. The van der Waals surface area contributed by atoms with Crippen molar-refractivity contribution in [1.82, 2.24) is 5.32 Å². The van der Waals surface area contributed by atoms with Crippen LogP contribution in [0, 0.1) is 0 Å². The number of β-amino-alcohol motifs (C(OH)–C–C–N with tert-alkyl or cyclic N) is 1. The molecule has 100 valence electrons. The quantitative estimate of drug-likeness (QED) is 0.855. The van der Waals surface area contributed by atoms with Crippen LogP contribution < -0.4 is 5.32 Å². The molecular weight excluding hydrogens is 222 g/mol. The summed E-state index contributed by atoms with van der Waals surface area (Å²) in [6, 6.07) is 8.36. The fraction of sp³-hybridized carbons (Fsp3) is 0.625. The molecule has 1 unspecified atom stereocenters. The topological polar surface area (TPSA) is 32.3 Å². The number of aliphatic hydroxyl groups excluding tert-OH is 1. The summed E-state index contributed by atoms with van der Waals surface area (Å²) in [5.74, 6) is 0.672. The Kier molecular flexibility index (Phi) is 4.08. The van der Waals surface area contributed by atoms with E-state index in [-0.39, 0.29) is 5.54 Å². The van der Waals surface area contributed by atoms with Gasteiger partial charge in [-0.25, -0.2) is 0 Å². The number of hydrogen-bond acceptors (Lipinski definition) is 2. The summed E-state index contributed by atoms with van der Waals surface area (Å²) < 4.78 is 0. The molecule has 2 nitrogen and oxygen atoms in total. The van der Waals surface area contributed by atoms with Crippen molar-refractivity contribution in [3.05, 3.63) is 35.4 Å². The van der Waals surface area contributed by atoms with Crippen LogP contribution in [0.25, 0.3) is 0 Å². The number of aliphatic hydroxyl groups is 1. The van der Waals surface area contributed by atoms with Gasteiger partial charge in [0.2, 0.25) is 0 Å². The lowest BCUT2D eigenvalue weighted by atomic mass is 9.77. The van der Waals surface area contributed by atoms with Crippen LogP contribution in [-0.2, 0) is 0 Å². The van der Waals surface area contributed by atoms with Crippen molar-refractivity contribution in [1.29, 1.82) is 0 Å². The van der Waals surface area contributed by atoms with E-state index in [0.717, 1.165) is 5.56 Å². The molecule has 2 N–H and O–H groups in total. The number of benzene rings is 1. The Balaban J connectivity index is 2.07. The van der Waals surface area contributed by atoms with Crippen molar-refractivity contribution >= 4 is 0 Å². The molecule has 0 aromatic heterocycles. The van der Waals surface area contributed by atoms with Gasteiger partial charge in [-0.3, -0.25) is 0 Å². The predicted octanol–water partition coefficient (Wildman–Crippen LogP) is 3.38. The molecule has 1 saturated carbocycles. The Morgan fingerprint density at radius 3 is 2.50 bits per heavy atom. The highest BCUT2D eigenvalue weighted by Gasteiger charge is 2.24. The summed E-state index contributed by atoms with van der Waals surface area (Å²) in [7, 11) is 0. The van der Waals surface area contributed by atoms with Gasteiger partial charge in [0.25, 0.3) is 0 Å². The maximum atomic E-state index is 10.4. The van der Waals surface area contributed by atoms with Crippen LogP contribution in [0.4, 0.5) is 0 Å². The Bertz CT molecular complexity index is 390. The van der Waals surface area contributed by atoms with Crippen LogP contribution in [-0.4, -0.2) is 17.2 Å². The van der Waals surface area contributed by atoms with E-state index in [1.807, 2.05) is 6.07 Å². The van der Waals surface area contributed by atoms with E-state index in [2.05, 4.69) is 44.3 Å². The highest BCUT2D eigenvalue weighted by atomic mass is 16.3. The van der Waals surface area contributed by atoms with E-state index in [1.165, 1.54) is 24.8 Å². The zero-order chi connectivity index (χ0) is 13.2. The summed E-state index contributed by atoms with van der Waals surface area (Å²) in [5, 5.41) is 13.7. The maximum absolute atomic E-state index is 10.4. The van der Waals surface area contributed by atoms with Crippen molar-refractivity contribution in [2.24, 2.45) is 0 Å². The van der Waals surface area contributed by atoms with Gasteiger partial charge in [-0.05, 0) is 50.7 Å². The van der Waals surface area contributed by atoms with E-state index in [0.29, 0.717) is 12.5 Å². The first-order valence-electron chi connectivity index (χ1n) is 6.99. The van der Waals surface area contributed by atoms with Gasteiger partial charge < -0.3 is 10.4 Å². The van der Waals surface area contributed by atoms with Crippen LogP contribution in [0.1, 0.15) is 63.2 Å². The van der Waals surface area contributed by atoms with Crippen molar-refractivity contribution < 1.29 is 5.11 Å². The minimum Gasteiger partial charge on any atom is -0.387 e. The summed E-state index contributed by atoms with van der Waals surface area (Å²) in [4.78, 5) is 0. The second-order valence-corrected chi connectivity index (χ2v) is 6.40. The molecule has 0 radical (unpaired) electrons. The molecule has 0 spiro atoms. The zero-order valence-corrected chi connectivity index (χ0v) is 11.7. The Hall–Kier alpha value is -0.860. The normalized spacial score (nSPS) is 18.4. The van der Waals surface area contributed by atoms with Gasteiger partial charge in [0.05, 0.1) is 6.10 Å². The molecule has 0 aliphatic heterocycles. The van der Waals surface area contributed by atoms with Gasteiger partial charge in [-0.1, -0.05) is 30.7 Å². The highest BCUT2D eigenvalue weighted by Crippen LogP contribution is 2.39. The van der Waals surface area contributed by atoms with E-state index in [1.54, 1.807) is 0 Å². The Morgan fingerprint density at radius 1 is 1.28 bits per heavy atom. The molecule has 18 heavy (non-hydrogen) atoms. The standard InChI is InChI=1S/C16H25NO/c1-16(2,3)17-11-15(18)14-10-5-4-9-13(14)12-7-6-8-12/h4-5,9-10,12,15,17-18H,6-8,11H2,1-3H3. The lowest BCUT2D eigenvalue weighted by molar-refractivity contribution is 0.161. The third kappa shape index (κ3) is 3.33. The van der Waals surface area contributed by atoms with Gasteiger partial charge in [0.1, 0.15) is 0 Å². The second kappa shape index (κ2) is 5.41. The fourth-order valence-electron chi connectivity index (χ4n) is 2.42. The molecule has 2 rings (SSSR count). The molecule has 0 bridgehead atoms. The summed E-state index contributed by atoms with van der Waals surface area (Å²) in [6.45, 7) is 6.99. The third-order valence-corrected chi connectivity index (χ3v) is 3.73. The van der Waals surface area contributed by atoms with Crippen molar-refractivity contribution in [2.45, 2.75) is 57.6 Å². The Labute approximate surface area is 110 Å².